The smallest absolute Gasteiger partial charge is 0.261 e. The van der Waals surface area contributed by atoms with Crippen LogP contribution in [-0.2, 0) is 11.3 Å². The van der Waals surface area contributed by atoms with Gasteiger partial charge in [-0.2, -0.15) is 4.98 Å². The van der Waals surface area contributed by atoms with Crippen LogP contribution < -0.4 is 26.2 Å². The molecule has 0 bridgehead atoms. The van der Waals surface area contributed by atoms with E-state index in [0.29, 0.717) is 28.2 Å². The van der Waals surface area contributed by atoms with E-state index in [2.05, 4.69) is 66.8 Å². The van der Waals surface area contributed by atoms with Gasteiger partial charge in [0.1, 0.15) is 11.4 Å². The quantitative estimate of drug-likeness (QED) is 0.164. The minimum atomic E-state index is -0.417. The molecular formula is C33H35ClN8O2. The lowest BCUT2D eigenvalue weighted by atomic mass is 10.1. The highest BCUT2D eigenvalue weighted by Gasteiger charge is 2.19. The molecule has 1 aliphatic rings. The second-order valence-electron chi connectivity index (χ2n) is 10.5. The summed E-state index contributed by atoms with van der Waals surface area (Å²) in [5.41, 5.74) is 4.97. The van der Waals surface area contributed by atoms with Gasteiger partial charge in [0.2, 0.25) is 11.9 Å². The zero-order chi connectivity index (χ0) is 31.1. The van der Waals surface area contributed by atoms with Gasteiger partial charge in [0.05, 0.1) is 10.7 Å². The Hall–Kier alpha value is -4.93. The summed E-state index contributed by atoms with van der Waals surface area (Å²) in [5, 5.41) is 12.7. The van der Waals surface area contributed by atoms with Crippen LogP contribution in [0.2, 0.25) is 5.02 Å². The number of amides is 2. The number of nitrogens with one attached hydrogen (secondary N) is 4. The second-order valence-corrected chi connectivity index (χ2v) is 10.9. The largest absolute Gasteiger partial charge is 0.369 e. The maximum atomic E-state index is 13.5. The average Bonchev–Trinajstić information content (AvgIpc) is 3.03. The number of likely N-dealkylation sites (N-methyl/N-ethyl adjacent to an activating group) is 1. The Labute approximate surface area is 262 Å². The molecule has 5 rings (SSSR count). The molecule has 2 amide bonds. The highest BCUT2D eigenvalue weighted by atomic mass is 35.5. The fourth-order valence-corrected chi connectivity index (χ4v) is 5.09. The van der Waals surface area contributed by atoms with Crippen LogP contribution in [0.15, 0.2) is 85.6 Å². The predicted molar refractivity (Wildman–Crippen MR) is 178 cm³/mol. The van der Waals surface area contributed by atoms with Crippen molar-refractivity contribution >= 4 is 57.9 Å². The molecule has 0 radical (unpaired) electrons. The number of rotatable bonds is 10. The van der Waals surface area contributed by atoms with Gasteiger partial charge in [-0.1, -0.05) is 48.5 Å². The summed E-state index contributed by atoms with van der Waals surface area (Å²) in [6, 6.07) is 20.9. The average molecular weight is 611 g/mol. The predicted octanol–water partition coefficient (Wildman–Crippen LogP) is 5.92. The Kier molecular flexibility index (Phi) is 9.73. The number of anilines is 6. The lowest BCUT2D eigenvalue weighted by molar-refractivity contribution is -0.111. The number of para-hydroxylation sites is 2. The van der Waals surface area contributed by atoms with Crippen molar-refractivity contribution in [1.29, 1.82) is 0 Å². The van der Waals surface area contributed by atoms with Gasteiger partial charge < -0.3 is 31.1 Å². The molecule has 1 fully saturated rings. The van der Waals surface area contributed by atoms with Crippen molar-refractivity contribution in [2.24, 2.45) is 0 Å². The molecule has 2 heterocycles. The molecule has 0 saturated carbocycles. The third-order valence-corrected chi connectivity index (χ3v) is 7.71. The van der Waals surface area contributed by atoms with E-state index in [-0.39, 0.29) is 18.0 Å². The van der Waals surface area contributed by atoms with Crippen LogP contribution in [-0.4, -0.2) is 59.9 Å². The number of hydrogen-bond donors (Lipinski definition) is 4. The van der Waals surface area contributed by atoms with E-state index < -0.39 is 5.91 Å². The summed E-state index contributed by atoms with van der Waals surface area (Å²) in [6.45, 7) is 9.70. The van der Waals surface area contributed by atoms with Gasteiger partial charge in [0.25, 0.3) is 5.91 Å². The molecular weight excluding hydrogens is 576 g/mol. The van der Waals surface area contributed by atoms with E-state index >= 15 is 0 Å². The van der Waals surface area contributed by atoms with E-state index in [9.17, 15) is 9.59 Å². The van der Waals surface area contributed by atoms with Crippen molar-refractivity contribution in [2.45, 2.75) is 13.5 Å². The van der Waals surface area contributed by atoms with Crippen molar-refractivity contribution in [3.05, 3.63) is 107 Å². The monoisotopic (exact) mass is 610 g/mol. The fraction of sp³-hybridized carbons (Fsp3) is 0.212. The van der Waals surface area contributed by atoms with Gasteiger partial charge in [-0.3, -0.25) is 9.59 Å². The summed E-state index contributed by atoms with van der Waals surface area (Å²) in [6.07, 6.45) is 2.69. The standard InChI is InChI=1S/C33H35ClN8O2/c1-4-29(43)38-28-11-6-5-9-23(28)20-35-31-26(32(44)39-30-22(2)8-7-10-27(30)34)21-36-33(40-31)37-24-12-14-25(15-13-24)42-18-16-41(3)17-19-42/h4-15,21H,1,16-20H2,2-3H3,(H,38,43)(H,39,44)(H2,35,36,37,40). The SMILES string of the molecule is C=CC(=O)Nc1ccccc1CNc1nc(Nc2ccc(N3CCN(C)CC3)cc2)ncc1C(=O)Nc1c(C)cccc1Cl. The van der Waals surface area contributed by atoms with Crippen LogP contribution in [0.3, 0.4) is 0 Å². The Morgan fingerprint density at radius 2 is 1.73 bits per heavy atom. The Balaban J connectivity index is 1.39. The minimum Gasteiger partial charge on any atom is -0.369 e. The molecule has 0 atom stereocenters. The lowest BCUT2D eigenvalue weighted by Crippen LogP contribution is -2.44. The molecule has 0 spiro atoms. The first-order valence-electron chi connectivity index (χ1n) is 14.3. The van der Waals surface area contributed by atoms with Crippen LogP contribution in [0.1, 0.15) is 21.5 Å². The number of hydrogen-bond acceptors (Lipinski definition) is 8. The molecule has 0 unspecified atom stereocenters. The number of benzene rings is 3. The highest BCUT2D eigenvalue weighted by Crippen LogP contribution is 2.28. The summed E-state index contributed by atoms with van der Waals surface area (Å²) in [4.78, 5) is 39.3. The lowest BCUT2D eigenvalue weighted by Gasteiger charge is -2.34. The number of piperazine rings is 1. The van der Waals surface area contributed by atoms with E-state index in [1.807, 2.05) is 49.4 Å². The number of aryl methyl sites for hydroxylation is 1. The maximum absolute atomic E-state index is 13.5. The molecule has 226 valence electrons. The van der Waals surface area contributed by atoms with Crippen molar-refractivity contribution in [3.8, 4) is 0 Å². The minimum absolute atomic E-state index is 0.230. The van der Waals surface area contributed by atoms with Crippen LogP contribution in [0.4, 0.5) is 34.5 Å². The van der Waals surface area contributed by atoms with E-state index in [0.717, 1.165) is 48.7 Å². The maximum Gasteiger partial charge on any atom is 0.261 e. The van der Waals surface area contributed by atoms with Gasteiger partial charge >= 0.3 is 0 Å². The van der Waals surface area contributed by atoms with Crippen molar-refractivity contribution < 1.29 is 9.59 Å². The van der Waals surface area contributed by atoms with Gasteiger partial charge in [-0.25, -0.2) is 4.98 Å². The number of nitrogens with zero attached hydrogens (tertiary/aromatic N) is 4. The molecule has 1 aliphatic heterocycles. The van der Waals surface area contributed by atoms with E-state index in [1.54, 1.807) is 12.1 Å². The highest BCUT2D eigenvalue weighted by molar-refractivity contribution is 6.34. The third-order valence-electron chi connectivity index (χ3n) is 7.39. The molecule has 10 nitrogen and oxygen atoms in total. The Morgan fingerprint density at radius 3 is 2.45 bits per heavy atom. The number of carbonyl (C=O) groups is 2. The van der Waals surface area contributed by atoms with Crippen molar-refractivity contribution in [1.82, 2.24) is 14.9 Å². The third kappa shape index (κ3) is 7.52. The number of aromatic nitrogens is 2. The number of carbonyl (C=O) groups excluding carboxylic acids is 2. The van der Waals surface area contributed by atoms with E-state index in [1.165, 1.54) is 12.3 Å². The molecule has 4 aromatic rings. The zero-order valence-corrected chi connectivity index (χ0v) is 25.5. The fourth-order valence-electron chi connectivity index (χ4n) is 4.82. The molecule has 11 heteroatoms. The zero-order valence-electron chi connectivity index (χ0n) is 24.7. The van der Waals surface area contributed by atoms with Crippen LogP contribution in [0.5, 0.6) is 0 Å². The van der Waals surface area contributed by atoms with Crippen LogP contribution >= 0.6 is 11.6 Å². The Morgan fingerprint density at radius 1 is 0.977 bits per heavy atom. The summed E-state index contributed by atoms with van der Waals surface area (Å²) in [5.74, 6) is -0.109. The summed E-state index contributed by atoms with van der Waals surface area (Å²) in [7, 11) is 2.14. The first-order valence-corrected chi connectivity index (χ1v) is 14.7. The van der Waals surface area contributed by atoms with Crippen molar-refractivity contribution in [2.75, 3.05) is 59.4 Å². The van der Waals surface area contributed by atoms with Crippen LogP contribution in [0.25, 0.3) is 0 Å². The summed E-state index contributed by atoms with van der Waals surface area (Å²) < 4.78 is 0. The second kappa shape index (κ2) is 14.0. The number of halogens is 1. The molecule has 3 aromatic carbocycles. The first-order chi connectivity index (χ1) is 21.3. The van der Waals surface area contributed by atoms with Gasteiger partial charge in [-0.05, 0) is 67.6 Å². The van der Waals surface area contributed by atoms with Gasteiger partial charge in [0.15, 0.2) is 0 Å². The topological polar surface area (TPSA) is 115 Å². The first kappa shape index (κ1) is 30.5. The van der Waals surface area contributed by atoms with E-state index in [4.69, 9.17) is 11.6 Å². The van der Waals surface area contributed by atoms with Crippen LogP contribution in [0, 0.1) is 6.92 Å². The summed E-state index contributed by atoms with van der Waals surface area (Å²) >= 11 is 6.38. The molecule has 1 saturated heterocycles. The Bertz CT molecular complexity index is 1630. The molecule has 0 aliphatic carbocycles. The van der Waals surface area contributed by atoms with Crippen molar-refractivity contribution in [3.63, 3.8) is 0 Å². The van der Waals surface area contributed by atoms with Gasteiger partial charge in [0, 0.05) is 56.0 Å². The normalized spacial score (nSPS) is 13.2. The molecule has 44 heavy (non-hydrogen) atoms. The molecule has 4 N–H and O–H groups in total. The van der Waals surface area contributed by atoms with Gasteiger partial charge in [-0.15, -0.1) is 0 Å². The molecule has 1 aromatic heterocycles.